The molecular formula is C26H33NO7. The number of ketones is 2. The van der Waals surface area contributed by atoms with Crippen molar-refractivity contribution in [2.24, 2.45) is 5.41 Å². The number of ether oxygens (including phenoxy) is 3. The number of carbonyl (C=O) groups excluding carboxylic acids is 4. The van der Waals surface area contributed by atoms with Crippen molar-refractivity contribution in [2.45, 2.75) is 59.0 Å². The molecule has 0 spiro atoms. The van der Waals surface area contributed by atoms with Crippen LogP contribution in [0, 0.1) is 5.41 Å². The van der Waals surface area contributed by atoms with Crippen LogP contribution in [0.25, 0.3) is 10.9 Å². The first-order chi connectivity index (χ1) is 16.0. The second-order valence-corrected chi connectivity index (χ2v) is 9.02. The van der Waals surface area contributed by atoms with Gasteiger partial charge in [-0.3, -0.25) is 24.2 Å². The molecule has 2 rings (SSSR count). The molecule has 1 atom stereocenters. The summed E-state index contributed by atoms with van der Waals surface area (Å²) in [6, 6.07) is 8.37. The third-order valence-electron chi connectivity index (χ3n) is 5.24. The summed E-state index contributed by atoms with van der Waals surface area (Å²) >= 11 is 0. The zero-order chi connectivity index (χ0) is 25.4. The maximum Gasteiger partial charge on any atom is 0.328 e. The van der Waals surface area contributed by atoms with Crippen LogP contribution >= 0.6 is 0 Å². The van der Waals surface area contributed by atoms with E-state index in [4.69, 9.17) is 14.2 Å². The molecule has 0 radical (unpaired) electrons. The van der Waals surface area contributed by atoms with Crippen molar-refractivity contribution in [2.75, 3.05) is 20.3 Å². The summed E-state index contributed by atoms with van der Waals surface area (Å²) in [5, 5.41) is 0.702. The maximum atomic E-state index is 13.9. The number of fused-ring (bicyclic) bond motifs is 1. The number of unbranched alkanes of at least 4 members (excludes halogenated alkanes) is 1. The highest BCUT2D eigenvalue weighted by Crippen LogP contribution is 2.35. The van der Waals surface area contributed by atoms with Gasteiger partial charge >= 0.3 is 11.9 Å². The minimum atomic E-state index is -2.10. The molecule has 0 saturated heterocycles. The van der Waals surface area contributed by atoms with Gasteiger partial charge in [0.25, 0.3) is 0 Å². The molecule has 8 nitrogen and oxygen atoms in total. The molecule has 0 saturated carbocycles. The molecular weight excluding hydrogens is 438 g/mol. The first-order valence-corrected chi connectivity index (χ1v) is 11.4. The molecule has 0 aliphatic carbocycles. The first kappa shape index (κ1) is 27.1. The molecule has 8 heteroatoms. The number of benzene rings is 1. The van der Waals surface area contributed by atoms with Gasteiger partial charge in [-0.05, 0) is 64.8 Å². The summed E-state index contributed by atoms with van der Waals surface area (Å²) in [7, 11) is 1.32. The second-order valence-electron chi connectivity index (χ2n) is 9.02. The molecule has 0 aliphatic heterocycles. The minimum absolute atomic E-state index is 0.118. The molecule has 1 aromatic heterocycles. The molecule has 1 unspecified atom stereocenters. The van der Waals surface area contributed by atoms with E-state index in [1.54, 1.807) is 64.2 Å². The van der Waals surface area contributed by atoms with Crippen LogP contribution in [-0.4, -0.2) is 54.4 Å². The van der Waals surface area contributed by atoms with Gasteiger partial charge in [-0.25, -0.2) is 0 Å². The van der Waals surface area contributed by atoms with Crippen LogP contribution in [0.15, 0.2) is 36.5 Å². The largest absolute Gasteiger partial charge is 0.466 e. The van der Waals surface area contributed by atoms with Gasteiger partial charge in [-0.2, -0.15) is 0 Å². The Bertz CT molecular complexity index is 1040. The molecule has 34 heavy (non-hydrogen) atoms. The Morgan fingerprint density at radius 2 is 1.76 bits per heavy atom. The van der Waals surface area contributed by atoms with E-state index in [1.807, 2.05) is 0 Å². The highest BCUT2D eigenvalue weighted by Gasteiger charge is 2.54. The lowest BCUT2D eigenvalue weighted by Gasteiger charge is -2.32. The van der Waals surface area contributed by atoms with Gasteiger partial charge < -0.3 is 14.2 Å². The van der Waals surface area contributed by atoms with Crippen molar-refractivity contribution >= 4 is 34.4 Å². The third kappa shape index (κ3) is 6.70. The number of nitrogens with zero attached hydrogens (tertiary/aromatic N) is 1. The first-order valence-electron chi connectivity index (χ1n) is 11.4. The fourth-order valence-corrected chi connectivity index (χ4v) is 3.66. The standard InChI is InChI=1S/C26H33NO7/c1-6-33-22(29)11-7-8-14-26(21(28)17-32-5,24(31)34-25(2,3)4)23(30)19-12-13-20-18(16-19)10-9-15-27-20/h9-10,12-13,15-16H,6-8,11,14,17H2,1-5H3. The van der Waals surface area contributed by atoms with E-state index in [9.17, 15) is 19.2 Å². The molecule has 0 bridgehead atoms. The molecule has 184 valence electrons. The summed E-state index contributed by atoms with van der Waals surface area (Å²) in [6.07, 6.45) is 2.24. The lowest BCUT2D eigenvalue weighted by Crippen LogP contribution is -2.50. The number of hydrogen-bond donors (Lipinski definition) is 0. The Morgan fingerprint density at radius 3 is 2.41 bits per heavy atom. The smallest absolute Gasteiger partial charge is 0.328 e. The fraction of sp³-hybridized carbons (Fsp3) is 0.500. The predicted octanol–water partition coefficient (Wildman–Crippen LogP) is 4.08. The molecule has 2 aromatic rings. The van der Waals surface area contributed by atoms with Crippen LogP contribution in [0.3, 0.4) is 0 Å². The van der Waals surface area contributed by atoms with Crippen LogP contribution in [0.5, 0.6) is 0 Å². The maximum absolute atomic E-state index is 13.9. The van der Waals surface area contributed by atoms with Crippen molar-refractivity contribution in [1.82, 2.24) is 4.98 Å². The monoisotopic (exact) mass is 471 g/mol. The number of pyridine rings is 1. The minimum Gasteiger partial charge on any atom is -0.466 e. The third-order valence-corrected chi connectivity index (χ3v) is 5.24. The van der Waals surface area contributed by atoms with Gasteiger partial charge in [0.05, 0.1) is 12.1 Å². The van der Waals surface area contributed by atoms with Gasteiger partial charge in [0.15, 0.2) is 17.0 Å². The Morgan fingerprint density at radius 1 is 1.03 bits per heavy atom. The number of Topliss-reactive ketones (excluding diaryl/α,β-unsaturated/α-hetero) is 2. The molecule has 0 amide bonds. The Hall–Kier alpha value is -3.13. The average molecular weight is 472 g/mol. The van der Waals surface area contributed by atoms with Crippen LogP contribution in [0.4, 0.5) is 0 Å². The summed E-state index contributed by atoms with van der Waals surface area (Å²) in [4.78, 5) is 56.7. The van der Waals surface area contributed by atoms with Gasteiger partial charge in [-0.15, -0.1) is 0 Å². The number of esters is 2. The molecule has 1 aromatic carbocycles. The van der Waals surface area contributed by atoms with Gasteiger partial charge in [0.2, 0.25) is 0 Å². The van der Waals surface area contributed by atoms with E-state index >= 15 is 0 Å². The van der Waals surface area contributed by atoms with E-state index in [0.717, 1.165) is 0 Å². The number of hydrogen-bond acceptors (Lipinski definition) is 8. The quantitative estimate of drug-likeness (QED) is 0.197. The normalized spacial score (nSPS) is 13.2. The number of aromatic nitrogens is 1. The number of carbonyl (C=O) groups is 4. The second kappa shape index (κ2) is 11.8. The molecule has 0 aliphatic rings. The van der Waals surface area contributed by atoms with Gasteiger partial charge in [0.1, 0.15) is 12.2 Å². The lowest BCUT2D eigenvalue weighted by molar-refractivity contribution is -0.168. The fourth-order valence-electron chi connectivity index (χ4n) is 3.66. The Kier molecular flexibility index (Phi) is 9.44. The van der Waals surface area contributed by atoms with Crippen LogP contribution in [0.1, 0.15) is 63.7 Å². The van der Waals surface area contributed by atoms with Crippen molar-refractivity contribution in [3.63, 3.8) is 0 Å². The van der Waals surface area contributed by atoms with Crippen molar-refractivity contribution in [3.8, 4) is 0 Å². The van der Waals surface area contributed by atoms with E-state index < -0.39 is 35.2 Å². The van der Waals surface area contributed by atoms with Crippen molar-refractivity contribution in [3.05, 3.63) is 42.1 Å². The van der Waals surface area contributed by atoms with Crippen LogP contribution < -0.4 is 0 Å². The zero-order valence-corrected chi connectivity index (χ0v) is 20.5. The lowest BCUT2D eigenvalue weighted by atomic mass is 9.72. The van der Waals surface area contributed by atoms with Gasteiger partial charge in [-0.1, -0.05) is 12.5 Å². The van der Waals surface area contributed by atoms with Crippen molar-refractivity contribution in [1.29, 1.82) is 0 Å². The highest BCUT2D eigenvalue weighted by molar-refractivity contribution is 6.27. The summed E-state index contributed by atoms with van der Waals surface area (Å²) in [6.45, 7) is 6.56. The molecule has 0 fully saturated rings. The topological polar surface area (TPSA) is 109 Å². The van der Waals surface area contributed by atoms with E-state index in [1.165, 1.54) is 7.11 Å². The molecule has 0 N–H and O–H groups in total. The van der Waals surface area contributed by atoms with E-state index in [2.05, 4.69) is 4.98 Å². The molecule has 1 heterocycles. The van der Waals surface area contributed by atoms with Crippen molar-refractivity contribution < 1.29 is 33.4 Å². The summed E-state index contributed by atoms with van der Waals surface area (Å²) in [5.74, 6) is -2.64. The van der Waals surface area contributed by atoms with E-state index in [-0.39, 0.29) is 37.4 Å². The summed E-state index contributed by atoms with van der Waals surface area (Å²) in [5.41, 5.74) is -2.15. The number of methoxy groups -OCH3 is 1. The Balaban J connectivity index is 2.49. The zero-order valence-electron chi connectivity index (χ0n) is 20.5. The summed E-state index contributed by atoms with van der Waals surface area (Å²) < 4.78 is 15.5. The van der Waals surface area contributed by atoms with Gasteiger partial charge in [0, 0.05) is 30.7 Å². The highest BCUT2D eigenvalue weighted by atomic mass is 16.6. The number of rotatable bonds is 12. The van der Waals surface area contributed by atoms with E-state index in [0.29, 0.717) is 17.3 Å². The Labute approximate surface area is 200 Å². The van der Waals surface area contributed by atoms with Crippen LogP contribution in [0.2, 0.25) is 0 Å². The predicted molar refractivity (Wildman–Crippen MR) is 126 cm³/mol. The average Bonchev–Trinajstić information content (AvgIpc) is 2.77. The SMILES string of the molecule is CCOC(=O)CCCCC(C(=O)COC)(C(=O)OC(C)(C)C)C(=O)c1ccc2ncccc2c1. The van der Waals surface area contributed by atoms with Crippen LogP contribution in [-0.2, 0) is 28.6 Å².